The van der Waals surface area contributed by atoms with Crippen LogP contribution in [0.3, 0.4) is 0 Å². The molecule has 0 saturated carbocycles. The summed E-state index contributed by atoms with van der Waals surface area (Å²) in [5, 5.41) is 0. The van der Waals surface area contributed by atoms with Crippen LogP contribution < -0.4 is 0 Å². The molecule has 324 valence electrons. The third kappa shape index (κ3) is 42.4. The van der Waals surface area contributed by atoms with E-state index < -0.39 is 32.5 Å². The lowest BCUT2D eigenvalue weighted by molar-refractivity contribution is -0.161. The maximum Gasteiger partial charge on any atom is 0.472 e. The molecule has 0 saturated heterocycles. The molecule has 2 unspecified atom stereocenters. The highest BCUT2D eigenvalue weighted by Crippen LogP contribution is 2.42. The molecule has 2 atom stereocenters. The Bertz CT molecular complexity index is 1240. The molecule has 0 aliphatic rings. The second-order valence-corrected chi connectivity index (χ2v) is 15.6. The molecule has 0 aromatic carbocycles. The Kier molecular flexibility index (Phi) is 40.3. The largest absolute Gasteiger partial charge is 0.472 e. The summed E-state index contributed by atoms with van der Waals surface area (Å²) in [6, 6.07) is 0. The van der Waals surface area contributed by atoms with Crippen molar-refractivity contribution < 1.29 is 37.6 Å². The van der Waals surface area contributed by atoms with Gasteiger partial charge >= 0.3 is 19.8 Å². The Morgan fingerprint density at radius 2 is 0.842 bits per heavy atom. The predicted molar refractivity (Wildman–Crippen MR) is 239 cm³/mol. The van der Waals surface area contributed by atoms with E-state index in [-0.39, 0.29) is 19.4 Å². The van der Waals surface area contributed by atoms with Gasteiger partial charge in [-0.1, -0.05) is 162 Å². The summed E-state index contributed by atoms with van der Waals surface area (Å²) in [4.78, 5) is 34.5. The second kappa shape index (κ2) is 42.6. The molecule has 0 amide bonds. The van der Waals surface area contributed by atoms with Gasteiger partial charge in [0, 0.05) is 20.0 Å². The van der Waals surface area contributed by atoms with Crippen molar-refractivity contribution in [3.05, 3.63) is 97.2 Å². The first-order valence-electron chi connectivity index (χ1n) is 21.9. The van der Waals surface area contributed by atoms with Crippen LogP contribution in [0.25, 0.3) is 0 Å². The normalized spacial score (nSPS) is 14.2. The molecule has 0 radical (unpaired) electrons. The van der Waals surface area contributed by atoms with Gasteiger partial charge in [-0.2, -0.15) is 0 Å². The lowest BCUT2D eigenvalue weighted by atomic mass is 10.1. The minimum Gasteiger partial charge on any atom is -0.462 e. The number of hydrogen-bond acceptors (Lipinski definition) is 7. The summed E-state index contributed by atoms with van der Waals surface area (Å²) in [6.07, 6.45) is 57.4. The second-order valence-electron chi connectivity index (χ2n) is 14.1. The van der Waals surface area contributed by atoms with Gasteiger partial charge in [0.25, 0.3) is 0 Å². The monoisotopic (exact) mass is 815 g/mol. The van der Waals surface area contributed by atoms with Crippen LogP contribution in [0.4, 0.5) is 0 Å². The fraction of sp³-hybridized carbons (Fsp3) is 0.625. The number of carbonyl (C=O) groups is 2. The minimum atomic E-state index is -4.28. The lowest BCUT2D eigenvalue weighted by Crippen LogP contribution is -2.29. The minimum absolute atomic E-state index is 0.224. The standard InChI is InChI=1S/C48H79O8P/c1-4-6-8-10-12-14-16-18-20-22-23-24-25-27-29-31-33-35-37-39-41-43-48(50)56-46(45-55-57(51,52)53-3)44-54-47(49)42-40-38-36-34-32-30-28-26-21-19-17-15-13-11-9-7-5-2/h6-9,12-15,18-21,23-24,28,30,46H,4-5,10-11,16-17,22,25-27,29,31-45H2,1-3H3,(H,51,52)/b8-6-,9-7-,14-12-,15-13-,20-18-,21-19-,24-23-,30-28-. The summed E-state index contributed by atoms with van der Waals surface area (Å²) in [5.41, 5.74) is 0. The van der Waals surface area contributed by atoms with Crippen LogP contribution >= 0.6 is 7.82 Å². The Morgan fingerprint density at radius 3 is 1.25 bits per heavy atom. The van der Waals surface area contributed by atoms with Crippen molar-refractivity contribution in [2.75, 3.05) is 20.3 Å². The number of phosphoric acid groups is 1. The molecular formula is C48H79O8P. The summed E-state index contributed by atoms with van der Waals surface area (Å²) < 4.78 is 32.0. The topological polar surface area (TPSA) is 108 Å². The van der Waals surface area contributed by atoms with E-state index in [1.807, 2.05) is 0 Å². The highest BCUT2D eigenvalue weighted by atomic mass is 31.2. The van der Waals surface area contributed by atoms with Crippen molar-refractivity contribution in [2.24, 2.45) is 0 Å². The quantitative estimate of drug-likeness (QED) is 0.0283. The van der Waals surface area contributed by atoms with Gasteiger partial charge in [-0.15, -0.1) is 0 Å². The molecular weight excluding hydrogens is 735 g/mol. The van der Waals surface area contributed by atoms with E-state index in [2.05, 4.69) is 116 Å². The van der Waals surface area contributed by atoms with Gasteiger partial charge in [0.2, 0.25) is 0 Å². The molecule has 0 fully saturated rings. The van der Waals surface area contributed by atoms with Crippen molar-refractivity contribution >= 4 is 19.8 Å². The Balaban J connectivity index is 4.06. The number of unbranched alkanes of at least 4 members (excludes halogenated alkanes) is 12. The van der Waals surface area contributed by atoms with Crippen molar-refractivity contribution in [1.82, 2.24) is 0 Å². The number of phosphoric ester groups is 1. The maximum absolute atomic E-state index is 12.5. The molecule has 0 rings (SSSR count). The van der Waals surface area contributed by atoms with Crippen LogP contribution in [0.1, 0.15) is 168 Å². The van der Waals surface area contributed by atoms with E-state index in [0.717, 1.165) is 110 Å². The zero-order valence-corrected chi connectivity index (χ0v) is 36.8. The number of carbonyl (C=O) groups excluding carboxylic acids is 2. The molecule has 1 N–H and O–H groups in total. The molecule has 0 aromatic heterocycles. The van der Waals surface area contributed by atoms with E-state index in [4.69, 9.17) is 14.0 Å². The molecule has 0 bridgehead atoms. The van der Waals surface area contributed by atoms with E-state index in [1.54, 1.807) is 0 Å². The molecule has 0 heterocycles. The molecule has 0 aromatic rings. The summed E-state index contributed by atoms with van der Waals surface area (Å²) in [6.45, 7) is 3.63. The SMILES string of the molecule is CC/C=C\C/C=C\C/C=C\C/C=C\CCCCCCCCCCC(=O)OC(COC(=O)CCCCCC/C=C\C/C=C\C/C=C\C/C=C\CC)COP(=O)(O)OC. The number of ether oxygens (including phenoxy) is 2. The van der Waals surface area contributed by atoms with Crippen LogP contribution in [0.15, 0.2) is 97.2 Å². The van der Waals surface area contributed by atoms with Gasteiger partial charge in [0.1, 0.15) is 6.61 Å². The van der Waals surface area contributed by atoms with Crippen LogP contribution in [-0.4, -0.2) is 43.3 Å². The van der Waals surface area contributed by atoms with Gasteiger partial charge in [-0.25, -0.2) is 4.57 Å². The van der Waals surface area contributed by atoms with Gasteiger partial charge in [-0.3, -0.25) is 18.6 Å². The highest BCUT2D eigenvalue weighted by Gasteiger charge is 2.24. The number of allylic oxidation sites excluding steroid dienone is 16. The van der Waals surface area contributed by atoms with E-state index >= 15 is 0 Å². The van der Waals surface area contributed by atoms with Crippen molar-refractivity contribution in [1.29, 1.82) is 0 Å². The zero-order valence-electron chi connectivity index (χ0n) is 36.0. The molecule has 0 spiro atoms. The molecule has 0 aliphatic heterocycles. The van der Waals surface area contributed by atoms with Crippen LogP contribution in [-0.2, 0) is 32.7 Å². The van der Waals surface area contributed by atoms with Gasteiger partial charge in [0.15, 0.2) is 6.10 Å². The molecule has 9 heteroatoms. The zero-order chi connectivity index (χ0) is 41.8. The number of rotatable bonds is 39. The summed E-state index contributed by atoms with van der Waals surface area (Å²) in [5.74, 6) is -0.849. The first-order valence-corrected chi connectivity index (χ1v) is 23.4. The van der Waals surface area contributed by atoms with Gasteiger partial charge < -0.3 is 14.4 Å². The lowest BCUT2D eigenvalue weighted by Gasteiger charge is -2.19. The molecule has 57 heavy (non-hydrogen) atoms. The fourth-order valence-electron chi connectivity index (χ4n) is 5.52. The average Bonchev–Trinajstić information content (AvgIpc) is 3.20. The third-order valence-electron chi connectivity index (χ3n) is 8.82. The smallest absolute Gasteiger partial charge is 0.462 e. The van der Waals surface area contributed by atoms with Crippen LogP contribution in [0.2, 0.25) is 0 Å². The van der Waals surface area contributed by atoms with Crippen molar-refractivity contribution in [3.63, 3.8) is 0 Å². The maximum atomic E-state index is 12.5. The Hall–Kier alpha value is -3.03. The molecule has 8 nitrogen and oxygen atoms in total. The number of esters is 2. The van der Waals surface area contributed by atoms with Crippen LogP contribution in [0, 0.1) is 0 Å². The predicted octanol–water partition coefficient (Wildman–Crippen LogP) is 14.1. The highest BCUT2D eigenvalue weighted by molar-refractivity contribution is 7.47. The van der Waals surface area contributed by atoms with E-state index in [1.165, 1.54) is 25.7 Å². The average molecular weight is 815 g/mol. The molecule has 0 aliphatic carbocycles. The fourth-order valence-corrected chi connectivity index (χ4v) is 5.98. The van der Waals surface area contributed by atoms with E-state index in [0.29, 0.717) is 12.8 Å². The summed E-state index contributed by atoms with van der Waals surface area (Å²) >= 11 is 0. The van der Waals surface area contributed by atoms with Gasteiger partial charge in [-0.05, 0) is 89.9 Å². The Labute approximate surface area is 347 Å². The summed E-state index contributed by atoms with van der Waals surface area (Å²) in [7, 11) is -3.23. The number of hydrogen-bond donors (Lipinski definition) is 1. The van der Waals surface area contributed by atoms with Crippen molar-refractivity contribution in [2.45, 2.75) is 174 Å². The van der Waals surface area contributed by atoms with Crippen molar-refractivity contribution in [3.8, 4) is 0 Å². The first kappa shape index (κ1) is 54.0. The van der Waals surface area contributed by atoms with Gasteiger partial charge in [0.05, 0.1) is 6.61 Å². The first-order chi connectivity index (χ1) is 27.8. The van der Waals surface area contributed by atoms with Crippen LogP contribution in [0.5, 0.6) is 0 Å². The Morgan fingerprint density at radius 1 is 0.491 bits per heavy atom. The van der Waals surface area contributed by atoms with E-state index in [9.17, 15) is 19.0 Å². The third-order valence-corrected chi connectivity index (χ3v) is 9.76.